The van der Waals surface area contributed by atoms with Gasteiger partial charge in [0.1, 0.15) is 5.25 Å². The molecule has 2 aliphatic rings. The molecule has 0 aromatic heterocycles. The van der Waals surface area contributed by atoms with Gasteiger partial charge in [0.25, 0.3) is 0 Å². The van der Waals surface area contributed by atoms with E-state index in [1.54, 1.807) is 54.9 Å². The average molecular weight is 381 g/mol. The molecule has 2 aromatic rings. The smallest absolute Gasteiger partial charge is 0.228 e. The number of quaternary nitrogens is 1. The van der Waals surface area contributed by atoms with Crippen molar-refractivity contribution in [3.8, 4) is 0 Å². The van der Waals surface area contributed by atoms with Gasteiger partial charge in [-0.25, -0.2) is 13.2 Å². The zero-order valence-corrected chi connectivity index (χ0v) is 14.6. The minimum Gasteiger partial charge on any atom is -0.228 e. The van der Waals surface area contributed by atoms with Crippen molar-refractivity contribution >= 4 is 44.6 Å². The molecule has 2 heterocycles. The number of amides is 1. The van der Waals surface area contributed by atoms with Gasteiger partial charge in [0.2, 0.25) is 0 Å². The predicted octanol–water partition coefficient (Wildman–Crippen LogP) is 3.83. The summed E-state index contributed by atoms with van der Waals surface area (Å²) in [6.07, 6.45) is 3.36. The van der Waals surface area contributed by atoms with Crippen molar-refractivity contribution in [2.75, 3.05) is 5.75 Å². The number of benzene rings is 2. The Hall–Kier alpha value is -1.66. The second-order valence-corrected chi connectivity index (χ2v) is 8.81. The van der Waals surface area contributed by atoms with Gasteiger partial charge in [0, 0.05) is 21.7 Å². The summed E-state index contributed by atoms with van der Waals surface area (Å²) < 4.78 is 25.8. The zero-order valence-electron chi connectivity index (χ0n) is 12.3. The molecule has 4 rings (SSSR count). The molecule has 0 fully saturated rings. The molecule has 0 radical (unpaired) electrons. The maximum absolute atomic E-state index is 13.0. The number of rotatable bonds is 1. The molecule has 0 saturated carbocycles. The summed E-state index contributed by atoms with van der Waals surface area (Å²) in [6.45, 7) is 0. The topological polar surface area (TPSA) is 51.2 Å². The van der Waals surface area contributed by atoms with Crippen LogP contribution in [0.1, 0.15) is 16.4 Å². The van der Waals surface area contributed by atoms with E-state index >= 15 is 0 Å². The minimum absolute atomic E-state index is 0.160. The molecule has 2 aliphatic heterocycles. The largest absolute Gasteiger partial charge is 0.343 e. The summed E-state index contributed by atoms with van der Waals surface area (Å²) in [4.78, 5) is 12.6. The van der Waals surface area contributed by atoms with Gasteiger partial charge in [0.05, 0.1) is 0 Å². The fourth-order valence-corrected chi connectivity index (χ4v) is 5.59. The molecule has 1 spiro atoms. The summed E-state index contributed by atoms with van der Waals surface area (Å²) in [7, 11) is -3.79. The molecule has 0 N–H and O–H groups in total. The first-order valence-corrected chi connectivity index (χ1v) is 9.70. The van der Waals surface area contributed by atoms with Crippen molar-refractivity contribution in [2.24, 2.45) is 0 Å². The van der Waals surface area contributed by atoms with E-state index in [-0.39, 0.29) is 4.48 Å². The fourth-order valence-electron chi connectivity index (χ4n) is 3.20. The van der Waals surface area contributed by atoms with E-state index < -0.39 is 26.7 Å². The molecule has 1 amide bonds. The zero-order chi connectivity index (χ0) is 17.1. The van der Waals surface area contributed by atoms with Gasteiger partial charge in [-0.1, -0.05) is 41.4 Å². The summed E-state index contributed by atoms with van der Waals surface area (Å²) in [5.41, 5.74) is 1.55. The number of hydrogen-bond donors (Lipinski definition) is 0. The minimum atomic E-state index is -3.79. The summed E-state index contributed by atoms with van der Waals surface area (Å²) in [5, 5.41) is -0.268. The third-order valence-electron chi connectivity index (χ3n) is 4.40. The molecule has 0 aliphatic carbocycles. The van der Waals surface area contributed by atoms with E-state index in [2.05, 4.69) is 0 Å². The van der Waals surface area contributed by atoms with Gasteiger partial charge in [-0.2, -0.15) is 4.48 Å². The summed E-state index contributed by atoms with van der Waals surface area (Å²) >= 11 is 12.4. The third kappa shape index (κ3) is 2.24. The van der Waals surface area contributed by atoms with Crippen molar-refractivity contribution in [1.82, 2.24) is 4.48 Å². The highest BCUT2D eigenvalue weighted by Gasteiger charge is 2.54. The molecular weight excluding hydrogens is 369 g/mol. The number of halogens is 2. The predicted molar refractivity (Wildman–Crippen MR) is 94.5 cm³/mol. The first kappa shape index (κ1) is 15.8. The second-order valence-electron chi connectivity index (χ2n) is 5.88. The Morgan fingerprint density at radius 3 is 2.38 bits per heavy atom. The van der Waals surface area contributed by atoms with E-state index in [0.29, 0.717) is 26.9 Å². The van der Waals surface area contributed by atoms with Crippen LogP contribution < -0.4 is 4.48 Å². The highest BCUT2D eigenvalue weighted by atomic mass is 35.5. The Morgan fingerprint density at radius 1 is 1.00 bits per heavy atom. The van der Waals surface area contributed by atoms with Crippen LogP contribution in [0.15, 0.2) is 54.9 Å². The van der Waals surface area contributed by atoms with Crippen LogP contribution in [0.4, 0.5) is 5.69 Å². The Labute approximate surface area is 149 Å². The Kier molecular flexibility index (Phi) is 3.41. The molecule has 7 heteroatoms. The highest BCUT2D eigenvalue weighted by molar-refractivity contribution is 7.92. The Morgan fingerprint density at radius 2 is 1.71 bits per heavy atom. The lowest BCUT2D eigenvalue weighted by molar-refractivity contribution is -0.121. The van der Waals surface area contributed by atoms with Crippen LogP contribution in [-0.4, -0.2) is 20.1 Å². The molecule has 24 heavy (non-hydrogen) atoms. The van der Waals surface area contributed by atoms with Crippen LogP contribution in [-0.2, 0) is 14.6 Å². The van der Waals surface area contributed by atoms with Crippen LogP contribution in [0.25, 0.3) is 0 Å². The van der Waals surface area contributed by atoms with E-state index in [9.17, 15) is 13.2 Å². The van der Waals surface area contributed by atoms with E-state index in [1.807, 2.05) is 0 Å². The number of hydrogen-bond acceptors (Lipinski definition) is 3. The Bertz CT molecular complexity index is 1010. The van der Waals surface area contributed by atoms with Crippen LogP contribution in [0.2, 0.25) is 10.0 Å². The maximum atomic E-state index is 13.0. The number of nitrogens with zero attached hydrogens (tertiary/aromatic N) is 1. The molecule has 122 valence electrons. The van der Waals surface area contributed by atoms with Crippen molar-refractivity contribution in [3.63, 3.8) is 0 Å². The van der Waals surface area contributed by atoms with Gasteiger partial charge in [-0.15, -0.1) is 0 Å². The molecule has 0 saturated heterocycles. The fraction of sp³-hybridized carbons (Fsp3) is 0.118. The lowest BCUT2D eigenvalue weighted by Crippen LogP contribution is -2.37. The summed E-state index contributed by atoms with van der Waals surface area (Å²) in [6, 6.07) is 11.8. The van der Waals surface area contributed by atoms with Crippen molar-refractivity contribution in [3.05, 3.63) is 76.0 Å². The standard InChI is InChI=1S/C17H12Cl2NO3S/c18-11-5-6-15-13(9-11)17(12-3-1-2-4-14(12)19)24(22,23)10-16(21)20(15)7-8-20/h1-9,17H,10H2/q+1. The third-order valence-corrected chi connectivity index (χ3v) is 6.86. The van der Waals surface area contributed by atoms with Crippen molar-refractivity contribution in [1.29, 1.82) is 0 Å². The highest BCUT2D eigenvalue weighted by Crippen LogP contribution is 2.48. The van der Waals surface area contributed by atoms with Crippen molar-refractivity contribution < 1.29 is 13.2 Å². The lowest BCUT2D eigenvalue weighted by atomic mass is 10.0. The molecular formula is C17H12Cl2NO3S+. The average Bonchev–Trinajstić information content (AvgIpc) is 3.30. The van der Waals surface area contributed by atoms with Gasteiger partial charge < -0.3 is 0 Å². The van der Waals surface area contributed by atoms with Gasteiger partial charge in [0.15, 0.2) is 33.7 Å². The molecule has 4 nitrogen and oxygen atoms in total. The van der Waals surface area contributed by atoms with E-state index in [0.717, 1.165) is 0 Å². The Balaban J connectivity index is 2.06. The van der Waals surface area contributed by atoms with Crippen LogP contribution in [0, 0.1) is 0 Å². The molecule has 2 aromatic carbocycles. The quantitative estimate of drug-likeness (QED) is 0.706. The number of fused-ring (bicyclic) bond motifs is 2. The summed E-state index contributed by atoms with van der Waals surface area (Å²) in [5.74, 6) is -0.949. The SMILES string of the molecule is O=C1CS(=O)(=O)C(c2ccccc2Cl)c2cc(Cl)ccc2[N+]12C=C2. The van der Waals surface area contributed by atoms with Crippen LogP contribution in [0.3, 0.4) is 0 Å². The molecule has 1 atom stereocenters. The monoisotopic (exact) mass is 380 g/mol. The first-order valence-electron chi connectivity index (χ1n) is 7.23. The first-order chi connectivity index (χ1) is 11.3. The maximum Gasteiger partial charge on any atom is 0.343 e. The normalized spacial score (nSPS) is 22.9. The van der Waals surface area contributed by atoms with Crippen LogP contribution in [0.5, 0.6) is 0 Å². The lowest BCUT2D eigenvalue weighted by Gasteiger charge is -2.19. The van der Waals surface area contributed by atoms with Gasteiger partial charge >= 0.3 is 5.91 Å². The molecule has 1 unspecified atom stereocenters. The molecule has 0 bridgehead atoms. The number of sulfone groups is 1. The number of carbonyl (C=O) groups excluding carboxylic acids is 1. The van der Waals surface area contributed by atoms with E-state index in [1.165, 1.54) is 0 Å². The van der Waals surface area contributed by atoms with E-state index in [4.69, 9.17) is 23.2 Å². The second kappa shape index (κ2) is 5.17. The van der Waals surface area contributed by atoms with Gasteiger partial charge in [-0.05, 0) is 23.8 Å². The van der Waals surface area contributed by atoms with Gasteiger partial charge in [-0.3, -0.25) is 0 Å². The van der Waals surface area contributed by atoms with Crippen molar-refractivity contribution in [2.45, 2.75) is 5.25 Å². The van der Waals surface area contributed by atoms with Crippen LogP contribution >= 0.6 is 23.2 Å². The number of carbonyl (C=O) groups is 1.